The van der Waals surface area contributed by atoms with Crippen LogP contribution in [0.1, 0.15) is 0 Å². The highest BCUT2D eigenvalue weighted by Crippen LogP contribution is 2.27. The lowest BCUT2D eigenvalue weighted by molar-refractivity contribution is 0.552. The minimum absolute atomic E-state index is 0.761. The second-order valence-electron chi connectivity index (χ2n) is 2.14. The molecule has 0 unspecified atom stereocenters. The molecular formula is C8H5ClO. The van der Waals surface area contributed by atoms with Crippen molar-refractivity contribution in [1.29, 1.82) is 0 Å². The van der Waals surface area contributed by atoms with E-state index < -0.39 is 0 Å². The molecule has 0 aromatic carbocycles. The van der Waals surface area contributed by atoms with Crippen molar-refractivity contribution in [2.75, 3.05) is 0 Å². The van der Waals surface area contributed by atoms with Crippen LogP contribution in [0.3, 0.4) is 0 Å². The summed E-state index contributed by atoms with van der Waals surface area (Å²) in [6.07, 6.45) is 3.32. The predicted octanol–water partition coefficient (Wildman–Crippen LogP) is 3.04. The average molecular weight is 153 g/mol. The topological polar surface area (TPSA) is 13.1 Å². The second-order valence-corrected chi connectivity index (χ2v) is 2.58. The average Bonchev–Trinajstić information content (AvgIpc) is 2.27. The van der Waals surface area contributed by atoms with Gasteiger partial charge in [0, 0.05) is 10.6 Å². The van der Waals surface area contributed by atoms with Crippen molar-refractivity contribution in [1.82, 2.24) is 0 Å². The molecule has 0 saturated heterocycles. The summed E-state index contributed by atoms with van der Waals surface area (Å²) in [5.41, 5.74) is 2.17. The Bertz CT molecular complexity index is 283. The molecule has 0 saturated carbocycles. The van der Waals surface area contributed by atoms with Crippen molar-refractivity contribution in [2.24, 2.45) is 0 Å². The summed E-state index contributed by atoms with van der Waals surface area (Å²) in [7, 11) is 0. The Morgan fingerprint density at radius 1 is 1.20 bits per heavy atom. The standard InChI is InChI=1S/C8H5ClO/c9-8-3-6-1-2-10-5-7(6)4-8/h1-5H. The molecule has 0 bridgehead atoms. The van der Waals surface area contributed by atoms with E-state index >= 15 is 0 Å². The van der Waals surface area contributed by atoms with E-state index in [0.29, 0.717) is 0 Å². The smallest absolute Gasteiger partial charge is 0.0980 e. The van der Waals surface area contributed by atoms with Crippen molar-refractivity contribution < 1.29 is 4.42 Å². The summed E-state index contributed by atoms with van der Waals surface area (Å²) in [4.78, 5) is 0. The number of hydrogen-bond donors (Lipinski definition) is 0. The van der Waals surface area contributed by atoms with Crippen LogP contribution in [0.5, 0.6) is 0 Å². The molecule has 0 aromatic rings. The third kappa shape index (κ3) is 0.792. The van der Waals surface area contributed by atoms with Crippen LogP contribution >= 0.6 is 11.6 Å². The molecule has 0 aromatic heterocycles. The number of hydrogen-bond acceptors (Lipinski definition) is 1. The molecule has 2 heteroatoms. The van der Waals surface area contributed by atoms with Crippen molar-refractivity contribution in [3.8, 4) is 11.1 Å². The van der Waals surface area contributed by atoms with E-state index in [-0.39, 0.29) is 0 Å². The van der Waals surface area contributed by atoms with E-state index in [1.165, 1.54) is 0 Å². The van der Waals surface area contributed by atoms with Crippen LogP contribution in [0.4, 0.5) is 0 Å². The molecule has 1 aliphatic heterocycles. The molecule has 0 radical (unpaired) electrons. The second kappa shape index (κ2) is 2.03. The monoisotopic (exact) mass is 152 g/mol. The van der Waals surface area contributed by atoms with Gasteiger partial charge in [0.1, 0.15) is 0 Å². The Morgan fingerprint density at radius 2 is 2.00 bits per heavy atom. The molecule has 0 atom stereocenters. The molecule has 1 nitrogen and oxygen atoms in total. The van der Waals surface area contributed by atoms with Crippen molar-refractivity contribution in [3.63, 3.8) is 0 Å². The van der Waals surface area contributed by atoms with Gasteiger partial charge in [0.05, 0.1) is 12.5 Å². The summed E-state index contributed by atoms with van der Waals surface area (Å²) in [5.74, 6) is 0. The molecule has 10 heavy (non-hydrogen) atoms. The van der Waals surface area contributed by atoms with E-state index in [9.17, 15) is 0 Å². The van der Waals surface area contributed by atoms with Crippen LogP contribution in [0, 0.1) is 0 Å². The minimum Gasteiger partial charge on any atom is -0.472 e. The van der Waals surface area contributed by atoms with Crippen molar-refractivity contribution in [3.05, 3.63) is 35.7 Å². The lowest BCUT2D eigenvalue weighted by Gasteiger charge is -1.91. The summed E-state index contributed by atoms with van der Waals surface area (Å²) in [6.45, 7) is 0. The molecule has 0 spiro atoms. The Balaban J connectivity index is 2.76. The summed E-state index contributed by atoms with van der Waals surface area (Å²) < 4.78 is 4.95. The SMILES string of the molecule is Clc1cc2ccocc-2c1. The Labute approximate surface area is 63.6 Å². The molecule has 50 valence electrons. The molecule has 0 fully saturated rings. The fourth-order valence-corrected chi connectivity index (χ4v) is 1.21. The van der Waals surface area contributed by atoms with Gasteiger partial charge in [0.2, 0.25) is 0 Å². The van der Waals surface area contributed by atoms with E-state index in [2.05, 4.69) is 0 Å². The Morgan fingerprint density at radius 3 is 2.80 bits per heavy atom. The quantitative estimate of drug-likeness (QED) is 0.566. The van der Waals surface area contributed by atoms with Crippen LogP contribution in [-0.2, 0) is 0 Å². The number of rotatable bonds is 0. The summed E-state index contributed by atoms with van der Waals surface area (Å²) >= 11 is 5.74. The van der Waals surface area contributed by atoms with Gasteiger partial charge >= 0.3 is 0 Å². The zero-order valence-corrected chi connectivity index (χ0v) is 5.93. The van der Waals surface area contributed by atoms with E-state index in [0.717, 1.165) is 16.1 Å². The van der Waals surface area contributed by atoms with Gasteiger partial charge < -0.3 is 4.42 Å². The number of halogens is 1. The van der Waals surface area contributed by atoms with E-state index in [1.54, 1.807) is 12.5 Å². The molecule has 0 amide bonds. The first-order valence-electron chi connectivity index (χ1n) is 2.98. The maximum absolute atomic E-state index is 5.74. The highest BCUT2D eigenvalue weighted by molar-refractivity contribution is 6.31. The Kier molecular flexibility index (Phi) is 1.18. The molecule has 2 aliphatic rings. The zero-order chi connectivity index (χ0) is 6.97. The normalized spacial score (nSPS) is 10.5. The van der Waals surface area contributed by atoms with E-state index in [1.807, 2.05) is 18.2 Å². The first-order valence-corrected chi connectivity index (χ1v) is 3.35. The lowest BCUT2D eigenvalue weighted by atomic mass is 10.2. The molecule has 0 N–H and O–H groups in total. The van der Waals surface area contributed by atoms with Crippen molar-refractivity contribution in [2.45, 2.75) is 0 Å². The Hall–Kier alpha value is -0.950. The van der Waals surface area contributed by atoms with Crippen LogP contribution in [0.25, 0.3) is 11.1 Å². The van der Waals surface area contributed by atoms with Gasteiger partial charge in [-0.05, 0) is 23.8 Å². The first kappa shape index (κ1) is 5.81. The van der Waals surface area contributed by atoms with Crippen LogP contribution < -0.4 is 0 Å². The molecular weight excluding hydrogens is 148 g/mol. The summed E-state index contributed by atoms with van der Waals surface area (Å²) in [6, 6.07) is 5.67. The van der Waals surface area contributed by atoms with Gasteiger partial charge in [0.25, 0.3) is 0 Å². The molecule has 1 aliphatic carbocycles. The highest BCUT2D eigenvalue weighted by atomic mass is 35.5. The van der Waals surface area contributed by atoms with Gasteiger partial charge in [-0.15, -0.1) is 0 Å². The molecule has 2 rings (SSSR count). The fourth-order valence-electron chi connectivity index (χ4n) is 0.977. The fraction of sp³-hybridized carbons (Fsp3) is 0. The van der Waals surface area contributed by atoms with Gasteiger partial charge in [-0.25, -0.2) is 0 Å². The number of fused-ring (bicyclic) bond motifs is 1. The first-order chi connectivity index (χ1) is 4.86. The minimum atomic E-state index is 0.761. The van der Waals surface area contributed by atoms with Crippen molar-refractivity contribution >= 4 is 11.6 Å². The van der Waals surface area contributed by atoms with Gasteiger partial charge in [-0.1, -0.05) is 11.6 Å². The highest BCUT2D eigenvalue weighted by Gasteiger charge is 2.03. The summed E-state index contributed by atoms with van der Waals surface area (Å²) in [5, 5.41) is 0.761. The van der Waals surface area contributed by atoms with Crippen LogP contribution in [0.2, 0.25) is 5.02 Å². The third-order valence-electron chi connectivity index (χ3n) is 1.44. The maximum atomic E-state index is 5.74. The van der Waals surface area contributed by atoms with Crippen LogP contribution in [0.15, 0.2) is 35.1 Å². The predicted molar refractivity (Wildman–Crippen MR) is 40.3 cm³/mol. The van der Waals surface area contributed by atoms with E-state index in [4.69, 9.17) is 16.0 Å². The zero-order valence-electron chi connectivity index (χ0n) is 5.17. The third-order valence-corrected chi connectivity index (χ3v) is 1.66. The van der Waals surface area contributed by atoms with Gasteiger partial charge in [-0.2, -0.15) is 0 Å². The maximum Gasteiger partial charge on any atom is 0.0980 e. The largest absolute Gasteiger partial charge is 0.472 e. The van der Waals surface area contributed by atoms with Gasteiger partial charge in [-0.3, -0.25) is 0 Å². The lowest BCUT2D eigenvalue weighted by Crippen LogP contribution is -1.67. The molecule has 1 heterocycles. The van der Waals surface area contributed by atoms with Gasteiger partial charge in [0.15, 0.2) is 0 Å². The van der Waals surface area contributed by atoms with Crippen LogP contribution in [-0.4, -0.2) is 0 Å².